The molecule has 2 aromatic heterocycles. The second-order valence-corrected chi connectivity index (χ2v) is 5.69. The van der Waals surface area contributed by atoms with Crippen LogP contribution in [0.5, 0.6) is 0 Å². The topological polar surface area (TPSA) is 122 Å². The minimum atomic E-state index is -0.618. The van der Waals surface area contributed by atoms with Gasteiger partial charge in [-0.05, 0) is 24.3 Å². The first kappa shape index (κ1) is 18.8. The molecule has 0 aliphatic heterocycles. The molecule has 8 nitrogen and oxygen atoms in total. The first-order valence-electron chi connectivity index (χ1n) is 8.25. The molecule has 9 heteroatoms. The molecule has 3 aromatic rings. The van der Waals surface area contributed by atoms with E-state index in [2.05, 4.69) is 25.9 Å². The van der Waals surface area contributed by atoms with Gasteiger partial charge in [0, 0.05) is 25.5 Å². The van der Waals surface area contributed by atoms with Crippen LogP contribution < -0.4 is 21.7 Å². The third-order valence-electron chi connectivity index (χ3n) is 3.84. The van der Waals surface area contributed by atoms with Crippen LogP contribution in [-0.4, -0.2) is 28.8 Å². The summed E-state index contributed by atoms with van der Waals surface area (Å²) in [5.41, 5.74) is 6.66. The molecule has 2 amide bonds. The van der Waals surface area contributed by atoms with Gasteiger partial charge in [0.1, 0.15) is 5.82 Å². The molecule has 0 unspecified atom stereocenters. The number of carbonyl (C=O) groups is 2. The average Bonchev–Trinajstić information content (AvgIpc) is 2.69. The minimum absolute atomic E-state index is 0.00817. The van der Waals surface area contributed by atoms with Gasteiger partial charge in [0.25, 0.3) is 11.8 Å². The quantitative estimate of drug-likeness (QED) is 0.521. The summed E-state index contributed by atoms with van der Waals surface area (Å²) in [4.78, 5) is 31.9. The van der Waals surface area contributed by atoms with Gasteiger partial charge in [-0.2, -0.15) is 0 Å². The Bertz CT molecular complexity index is 1040. The molecule has 0 saturated carbocycles. The smallest absolute Gasteiger partial charge is 0.254 e. The van der Waals surface area contributed by atoms with Crippen LogP contribution in [0.1, 0.15) is 20.7 Å². The van der Waals surface area contributed by atoms with Crippen molar-refractivity contribution >= 4 is 34.8 Å². The van der Waals surface area contributed by atoms with E-state index < -0.39 is 11.7 Å². The second-order valence-electron chi connectivity index (χ2n) is 5.69. The maximum Gasteiger partial charge on any atom is 0.254 e. The minimum Gasteiger partial charge on any atom is -0.366 e. The number of aromatic nitrogens is 2. The van der Waals surface area contributed by atoms with Crippen molar-refractivity contribution in [2.24, 2.45) is 5.73 Å². The number of nitrogens with one attached hydrogen (secondary N) is 3. The largest absolute Gasteiger partial charge is 0.366 e. The van der Waals surface area contributed by atoms with Crippen LogP contribution in [0.3, 0.4) is 0 Å². The van der Waals surface area contributed by atoms with Gasteiger partial charge in [-0.15, -0.1) is 0 Å². The van der Waals surface area contributed by atoms with Crippen molar-refractivity contribution in [2.45, 2.75) is 0 Å². The maximum atomic E-state index is 13.8. The highest BCUT2D eigenvalue weighted by Crippen LogP contribution is 2.27. The van der Waals surface area contributed by atoms with Crippen molar-refractivity contribution in [3.63, 3.8) is 0 Å². The van der Waals surface area contributed by atoms with Gasteiger partial charge < -0.3 is 21.7 Å². The summed E-state index contributed by atoms with van der Waals surface area (Å²) < 4.78 is 13.8. The van der Waals surface area contributed by atoms with Gasteiger partial charge >= 0.3 is 0 Å². The molecule has 142 valence electrons. The van der Waals surface area contributed by atoms with Gasteiger partial charge in [0.2, 0.25) is 0 Å². The zero-order valence-corrected chi connectivity index (χ0v) is 14.9. The van der Waals surface area contributed by atoms with E-state index in [4.69, 9.17) is 5.73 Å². The normalized spacial score (nSPS) is 10.2. The molecule has 1 aromatic carbocycles. The summed E-state index contributed by atoms with van der Waals surface area (Å²) in [6.45, 7) is 0. The summed E-state index contributed by atoms with van der Waals surface area (Å²) in [5.74, 6) is -1.31. The Labute approximate surface area is 160 Å². The summed E-state index contributed by atoms with van der Waals surface area (Å²) in [7, 11) is 1.49. The first-order chi connectivity index (χ1) is 13.5. The molecule has 2 heterocycles. The molecule has 0 radical (unpaired) electrons. The van der Waals surface area contributed by atoms with Crippen molar-refractivity contribution in [3.05, 3.63) is 71.8 Å². The van der Waals surface area contributed by atoms with E-state index in [-0.39, 0.29) is 28.7 Å². The van der Waals surface area contributed by atoms with Crippen LogP contribution in [-0.2, 0) is 0 Å². The molecule has 3 rings (SSSR count). The van der Waals surface area contributed by atoms with Crippen LogP contribution in [0.2, 0.25) is 0 Å². The van der Waals surface area contributed by atoms with Crippen LogP contribution in [0.25, 0.3) is 0 Å². The van der Waals surface area contributed by atoms with Gasteiger partial charge in [0.05, 0.1) is 22.5 Å². The molecule has 0 fully saturated rings. The number of rotatable bonds is 6. The molecule has 5 N–H and O–H groups in total. The molecule has 0 atom stereocenters. The van der Waals surface area contributed by atoms with E-state index in [9.17, 15) is 14.0 Å². The summed E-state index contributed by atoms with van der Waals surface area (Å²) >= 11 is 0. The molecule has 0 aliphatic carbocycles. The Balaban J connectivity index is 2.01. The monoisotopic (exact) mass is 380 g/mol. The zero-order chi connectivity index (χ0) is 20.1. The molecule has 0 bridgehead atoms. The van der Waals surface area contributed by atoms with E-state index in [1.165, 1.54) is 37.6 Å². The predicted octanol–water partition coefficient (Wildman–Crippen LogP) is 2.56. The number of hydrogen-bond acceptors (Lipinski definition) is 6. The van der Waals surface area contributed by atoms with Gasteiger partial charge in [-0.3, -0.25) is 9.59 Å². The molecule has 0 spiro atoms. The number of carbonyl (C=O) groups excluding carboxylic acids is 2. The van der Waals surface area contributed by atoms with Gasteiger partial charge in [-0.1, -0.05) is 12.1 Å². The van der Waals surface area contributed by atoms with Crippen LogP contribution in [0, 0.1) is 5.82 Å². The fraction of sp³-hybridized carbons (Fsp3) is 0.0526. The number of primary amides is 1. The molecule has 0 aliphatic rings. The highest BCUT2D eigenvalue weighted by Gasteiger charge is 2.15. The number of nitrogens with two attached hydrogens (primary N) is 1. The van der Waals surface area contributed by atoms with Crippen molar-refractivity contribution in [2.75, 3.05) is 17.7 Å². The average molecular weight is 380 g/mol. The first-order valence-corrected chi connectivity index (χ1v) is 8.25. The lowest BCUT2D eigenvalue weighted by atomic mass is 10.1. The lowest BCUT2D eigenvalue weighted by molar-refractivity contribution is 0.0962. The molecular weight excluding hydrogens is 363 g/mol. The summed E-state index contributed by atoms with van der Waals surface area (Å²) in [6.07, 6.45) is 2.77. The van der Waals surface area contributed by atoms with Crippen LogP contribution in [0.15, 0.2) is 54.9 Å². The van der Waals surface area contributed by atoms with Crippen molar-refractivity contribution in [1.29, 1.82) is 0 Å². The predicted molar refractivity (Wildman–Crippen MR) is 103 cm³/mol. The number of para-hydroxylation sites is 1. The number of benzene rings is 1. The Morgan fingerprint density at radius 1 is 1.00 bits per heavy atom. The third-order valence-corrected chi connectivity index (χ3v) is 3.84. The fourth-order valence-electron chi connectivity index (χ4n) is 2.49. The van der Waals surface area contributed by atoms with E-state index >= 15 is 0 Å². The standard InChI is InChI=1S/C19H17FN6O2/c1-22-19(28)12-10-24-16(26-18-13(20)6-4-8-23-18)9-15(12)25-14-7-3-2-5-11(14)17(21)27/h2-10H,1H3,(H2,21,27)(H,22,28)(H2,23,24,25,26). The van der Waals surface area contributed by atoms with Crippen LogP contribution >= 0.6 is 0 Å². The maximum absolute atomic E-state index is 13.8. The Hall–Kier alpha value is -4.01. The van der Waals surface area contributed by atoms with E-state index in [0.29, 0.717) is 11.4 Å². The Morgan fingerprint density at radius 2 is 1.79 bits per heavy atom. The third kappa shape index (κ3) is 4.04. The Kier molecular flexibility index (Phi) is 5.45. The van der Waals surface area contributed by atoms with Gasteiger partial charge in [0.15, 0.2) is 11.6 Å². The summed E-state index contributed by atoms with van der Waals surface area (Å²) in [6, 6.07) is 10.9. The SMILES string of the molecule is CNC(=O)c1cnc(Nc2ncccc2F)cc1Nc1ccccc1C(N)=O. The van der Waals surface area contributed by atoms with Crippen molar-refractivity contribution in [3.8, 4) is 0 Å². The number of pyridine rings is 2. The lowest BCUT2D eigenvalue weighted by Crippen LogP contribution is -2.20. The number of amides is 2. The Morgan fingerprint density at radius 3 is 2.50 bits per heavy atom. The molecule has 28 heavy (non-hydrogen) atoms. The van der Waals surface area contributed by atoms with Crippen LogP contribution in [0.4, 0.5) is 27.4 Å². The number of hydrogen-bond donors (Lipinski definition) is 4. The summed E-state index contributed by atoms with van der Waals surface area (Å²) in [5, 5.41) is 8.30. The lowest BCUT2D eigenvalue weighted by Gasteiger charge is -2.15. The number of nitrogens with zero attached hydrogens (tertiary/aromatic N) is 2. The fourth-order valence-corrected chi connectivity index (χ4v) is 2.49. The number of halogens is 1. The number of anilines is 4. The highest BCUT2D eigenvalue weighted by atomic mass is 19.1. The second kappa shape index (κ2) is 8.12. The molecule has 0 saturated heterocycles. The van der Waals surface area contributed by atoms with E-state index in [1.54, 1.807) is 24.3 Å². The molecular formula is C19H17FN6O2. The zero-order valence-electron chi connectivity index (χ0n) is 14.9. The highest BCUT2D eigenvalue weighted by molar-refractivity contribution is 6.03. The van der Waals surface area contributed by atoms with Crippen molar-refractivity contribution < 1.29 is 14.0 Å². The van der Waals surface area contributed by atoms with Gasteiger partial charge in [-0.25, -0.2) is 14.4 Å². The van der Waals surface area contributed by atoms with Crippen molar-refractivity contribution in [1.82, 2.24) is 15.3 Å². The van der Waals surface area contributed by atoms with E-state index in [0.717, 1.165) is 0 Å². The van der Waals surface area contributed by atoms with E-state index in [1.807, 2.05) is 0 Å².